The van der Waals surface area contributed by atoms with Gasteiger partial charge in [0.25, 0.3) is 0 Å². The smallest absolute Gasteiger partial charge is 0.140 e. The van der Waals surface area contributed by atoms with Crippen LogP contribution >= 0.6 is 15.9 Å². The minimum Gasteiger partial charge on any atom is -0.397 e. The van der Waals surface area contributed by atoms with Gasteiger partial charge in [-0.15, -0.1) is 0 Å². The van der Waals surface area contributed by atoms with E-state index in [-0.39, 0.29) is 0 Å². The largest absolute Gasteiger partial charge is 0.397 e. The summed E-state index contributed by atoms with van der Waals surface area (Å²) in [6.45, 7) is 4.68. The molecule has 3 N–H and O–H groups in total. The van der Waals surface area contributed by atoms with Gasteiger partial charge in [0.2, 0.25) is 0 Å². The molecule has 0 aliphatic heterocycles. The van der Waals surface area contributed by atoms with Crippen molar-refractivity contribution in [1.82, 2.24) is 4.98 Å². The fraction of sp³-hybridized carbons (Fsp3) is 0.615. The van der Waals surface area contributed by atoms with Gasteiger partial charge in [-0.3, -0.25) is 0 Å². The maximum absolute atomic E-state index is 5.68. The molecule has 17 heavy (non-hydrogen) atoms. The Kier molecular flexibility index (Phi) is 3.92. The van der Waals surface area contributed by atoms with Crippen molar-refractivity contribution in [3.8, 4) is 0 Å². The van der Waals surface area contributed by atoms with Crippen molar-refractivity contribution in [1.29, 1.82) is 0 Å². The molecule has 0 spiro atoms. The van der Waals surface area contributed by atoms with Gasteiger partial charge in [-0.2, -0.15) is 0 Å². The van der Waals surface area contributed by atoms with Crippen LogP contribution in [0.2, 0.25) is 0 Å². The number of hydrogen-bond acceptors (Lipinski definition) is 3. The summed E-state index contributed by atoms with van der Waals surface area (Å²) in [6.07, 6.45) is 5.44. The number of anilines is 2. The molecule has 0 saturated heterocycles. The summed E-state index contributed by atoms with van der Waals surface area (Å²) in [7, 11) is 0. The number of pyridine rings is 1. The fourth-order valence-electron chi connectivity index (χ4n) is 2.43. The van der Waals surface area contributed by atoms with E-state index in [0.29, 0.717) is 11.7 Å². The van der Waals surface area contributed by atoms with Gasteiger partial charge < -0.3 is 11.1 Å². The topological polar surface area (TPSA) is 50.9 Å². The third kappa shape index (κ3) is 3.12. The van der Waals surface area contributed by atoms with Crippen LogP contribution in [0.25, 0.3) is 0 Å². The molecule has 3 nitrogen and oxygen atoms in total. The number of rotatable bonds is 2. The Hall–Kier alpha value is -0.770. The quantitative estimate of drug-likeness (QED) is 0.876. The van der Waals surface area contributed by atoms with Crippen LogP contribution in [-0.2, 0) is 0 Å². The van der Waals surface area contributed by atoms with Gasteiger partial charge in [0.1, 0.15) is 5.82 Å². The molecule has 1 aliphatic carbocycles. The van der Waals surface area contributed by atoms with Crippen molar-refractivity contribution < 1.29 is 0 Å². The zero-order valence-corrected chi connectivity index (χ0v) is 12.0. The van der Waals surface area contributed by atoms with Crippen molar-refractivity contribution in [2.24, 2.45) is 11.8 Å². The minimum atomic E-state index is 0.536. The number of nitrogens with one attached hydrogen (secondary N) is 1. The molecule has 0 amide bonds. The Bertz CT molecular complexity index is 394. The van der Waals surface area contributed by atoms with Crippen molar-refractivity contribution in [3.05, 3.63) is 16.7 Å². The predicted molar refractivity (Wildman–Crippen MR) is 75.9 cm³/mol. The summed E-state index contributed by atoms with van der Waals surface area (Å²) >= 11 is 3.50. The second-order valence-electron chi connectivity index (χ2n) is 5.21. The molecule has 2 rings (SSSR count). The zero-order valence-electron chi connectivity index (χ0n) is 10.4. The van der Waals surface area contributed by atoms with Crippen LogP contribution in [0.3, 0.4) is 0 Å². The number of nitrogens with two attached hydrogens (primary N) is 1. The van der Waals surface area contributed by atoms with E-state index in [4.69, 9.17) is 5.73 Å². The van der Waals surface area contributed by atoms with Crippen LogP contribution in [0.4, 0.5) is 11.5 Å². The fourth-order valence-corrected chi connectivity index (χ4v) is 2.91. The first kappa shape index (κ1) is 12.7. The zero-order chi connectivity index (χ0) is 12.4. The third-order valence-corrected chi connectivity index (χ3v) is 4.41. The lowest BCUT2D eigenvalue weighted by Crippen LogP contribution is -2.30. The maximum Gasteiger partial charge on any atom is 0.140 e. The molecule has 0 bridgehead atoms. The Morgan fingerprint density at radius 2 is 2.12 bits per heavy atom. The molecule has 94 valence electrons. The van der Waals surface area contributed by atoms with E-state index in [0.717, 1.165) is 22.1 Å². The second-order valence-corrected chi connectivity index (χ2v) is 6.06. The van der Waals surface area contributed by atoms with Crippen LogP contribution in [0.15, 0.2) is 16.7 Å². The lowest BCUT2D eigenvalue weighted by atomic mass is 9.79. The summed E-state index contributed by atoms with van der Waals surface area (Å²) < 4.78 is 0.948. The number of hydrogen-bond donors (Lipinski definition) is 2. The molecule has 1 aliphatic rings. The summed E-state index contributed by atoms with van der Waals surface area (Å²) in [5, 5.41) is 3.51. The molecule has 1 heterocycles. The van der Waals surface area contributed by atoms with E-state index in [1.54, 1.807) is 6.20 Å². The first-order valence-electron chi connectivity index (χ1n) is 6.24. The number of aromatic nitrogens is 1. The normalized spacial score (nSPS) is 29.0. The average Bonchev–Trinajstić information content (AvgIpc) is 2.27. The predicted octanol–water partition coefficient (Wildman–Crippen LogP) is 3.66. The molecular weight excluding hydrogens is 278 g/mol. The van der Waals surface area contributed by atoms with E-state index < -0.39 is 0 Å². The highest BCUT2D eigenvalue weighted by atomic mass is 79.9. The van der Waals surface area contributed by atoms with Gasteiger partial charge in [0.05, 0.1) is 16.4 Å². The number of nitrogen functional groups attached to an aromatic ring is 1. The van der Waals surface area contributed by atoms with E-state index in [9.17, 15) is 0 Å². The highest BCUT2D eigenvalue weighted by Crippen LogP contribution is 2.32. The molecule has 1 fully saturated rings. The van der Waals surface area contributed by atoms with E-state index in [1.165, 1.54) is 19.3 Å². The Labute approximate surface area is 111 Å². The average molecular weight is 298 g/mol. The van der Waals surface area contributed by atoms with Crippen molar-refractivity contribution in [3.63, 3.8) is 0 Å². The van der Waals surface area contributed by atoms with Crippen LogP contribution in [-0.4, -0.2) is 11.0 Å². The van der Waals surface area contributed by atoms with E-state index >= 15 is 0 Å². The molecule has 4 heteroatoms. The number of nitrogens with zero attached hydrogens (tertiary/aromatic N) is 1. The summed E-state index contributed by atoms with van der Waals surface area (Å²) in [6, 6.07) is 2.43. The van der Waals surface area contributed by atoms with Gasteiger partial charge in [0, 0.05) is 6.04 Å². The standard InChI is InChI=1S/C13H20BrN3/c1-8-3-4-11(5-9(8)2)17-13-12(14)6-10(15)7-16-13/h6-9,11H,3-5,15H2,1-2H3,(H,16,17). The van der Waals surface area contributed by atoms with Gasteiger partial charge in [-0.25, -0.2) is 4.98 Å². The first-order valence-corrected chi connectivity index (χ1v) is 7.03. The Morgan fingerprint density at radius 3 is 2.76 bits per heavy atom. The highest BCUT2D eigenvalue weighted by Gasteiger charge is 2.24. The van der Waals surface area contributed by atoms with Crippen LogP contribution in [0, 0.1) is 11.8 Å². The summed E-state index contributed by atoms with van der Waals surface area (Å²) in [4.78, 5) is 4.33. The molecule has 1 aromatic heterocycles. The molecule has 1 saturated carbocycles. The van der Waals surface area contributed by atoms with E-state index in [2.05, 4.69) is 40.1 Å². The van der Waals surface area contributed by atoms with Crippen molar-refractivity contribution in [2.75, 3.05) is 11.1 Å². The first-order chi connectivity index (χ1) is 8.06. The van der Waals surface area contributed by atoms with Crippen molar-refractivity contribution in [2.45, 2.75) is 39.2 Å². The third-order valence-electron chi connectivity index (χ3n) is 3.80. The van der Waals surface area contributed by atoms with Gasteiger partial charge in [-0.1, -0.05) is 13.8 Å². The second kappa shape index (κ2) is 5.25. The lowest BCUT2D eigenvalue weighted by Gasteiger charge is -2.33. The lowest BCUT2D eigenvalue weighted by molar-refractivity contribution is 0.260. The van der Waals surface area contributed by atoms with Crippen molar-refractivity contribution >= 4 is 27.4 Å². The molecule has 0 aromatic carbocycles. The molecular formula is C13H20BrN3. The molecule has 0 radical (unpaired) electrons. The molecule has 1 aromatic rings. The van der Waals surface area contributed by atoms with Crippen LogP contribution < -0.4 is 11.1 Å². The maximum atomic E-state index is 5.68. The molecule has 3 atom stereocenters. The summed E-state index contributed by atoms with van der Waals surface area (Å²) in [5.74, 6) is 2.54. The van der Waals surface area contributed by atoms with Gasteiger partial charge >= 0.3 is 0 Å². The van der Waals surface area contributed by atoms with Gasteiger partial charge in [0.15, 0.2) is 0 Å². The summed E-state index contributed by atoms with van der Waals surface area (Å²) in [5.41, 5.74) is 6.37. The van der Waals surface area contributed by atoms with Gasteiger partial charge in [-0.05, 0) is 53.1 Å². The number of halogens is 1. The Balaban J connectivity index is 2.01. The Morgan fingerprint density at radius 1 is 1.35 bits per heavy atom. The highest BCUT2D eigenvalue weighted by molar-refractivity contribution is 9.10. The monoisotopic (exact) mass is 297 g/mol. The molecule has 3 unspecified atom stereocenters. The van der Waals surface area contributed by atoms with Crippen LogP contribution in [0.1, 0.15) is 33.1 Å². The minimum absolute atomic E-state index is 0.536. The van der Waals surface area contributed by atoms with Crippen LogP contribution in [0.5, 0.6) is 0 Å². The van der Waals surface area contributed by atoms with E-state index in [1.807, 2.05) is 6.07 Å². The SMILES string of the molecule is CC1CCC(Nc2ncc(N)cc2Br)CC1C.